The predicted molar refractivity (Wildman–Crippen MR) is 64.4 cm³/mol. The Morgan fingerprint density at radius 1 is 1.33 bits per heavy atom. The second kappa shape index (κ2) is 6.21. The molecule has 6 heteroatoms. The van der Waals surface area contributed by atoms with E-state index in [-0.39, 0.29) is 12.6 Å². The molecule has 1 unspecified atom stereocenters. The second-order valence-corrected chi connectivity index (χ2v) is 5.32. The second-order valence-electron chi connectivity index (χ2n) is 5.32. The summed E-state index contributed by atoms with van der Waals surface area (Å²) >= 11 is 0. The highest BCUT2D eigenvalue weighted by Gasteiger charge is 2.38. The van der Waals surface area contributed by atoms with Gasteiger partial charge in [-0.1, -0.05) is 6.92 Å². The van der Waals surface area contributed by atoms with E-state index in [2.05, 4.69) is 5.32 Å². The predicted octanol–water partition coefficient (Wildman–Crippen LogP) is 1.76. The summed E-state index contributed by atoms with van der Waals surface area (Å²) in [5, 5.41) is 12.4. The molecule has 0 aromatic rings. The number of aliphatic hydroxyl groups is 1. The molecule has 0 heterocycles. The van der Waals surface area contributed by atoms with Gasteiger partial charge in [-0.25, -0.2) is 0 Å². The number of halogens is 3. The van der Waals surface area contributed by atoms with Gasteiger partial charge in [0.15, 0.2) is 0 Å². The minimum absolute atomic E-state index is 0.0641. The van der Waals surface area contributed by atoms with Gasteiger partial charge >= 0.3 is 6.18 Å². The maximum absolute atomic E-state index is 12.4. The largest absolute Gasteiger partial charge is 0.401 e. The van der Waals surface area contributed by atoms with E-state index < -0.39 is 18.3 Å². The molecule has 1 fully saturated rings. The number of nitrogens with one attached hydrogen (secondary N) is 1. The smallest absolute Gasteiger partial charge is 0.394 e. The van der Waals surface area contributed by atoms with Crippen molar-refractivity contribution in [1.29, 1.82) is 0 Å². The van der Waals surface area contributed by atoms with Gasteiger partial charge in [0.1, 0.15) is 0 Å². The van der Waals surface area contributed by atoms with Gasteiger partial charge in [-0.15, -0.1) is 0 Å². The number of alkyl halides is 3. The first-order valence-corrected chi connectivity index (χ1v) is 6.46. The summed E-state index contributed by atoms with van der Waals surface area (Å²) in [6.07, 6.45) is -1.92. The highest BCUT2D eigenvalue weighted by molar-refractivity contribution is 4.89. The maximum Gasteiger partial charge on any atom is 0.401 e. The molecule has 0 amide bonds. The van der Waals surface area contributed by atoms with Gasteiger partial charge in [0, 0.05) is 18.1 Å². The quantitative estimate of drug-likeness (QED) is 0.704. The molecule has 108 valence electrons. The third-order valence-electron chi connectivity index (χ3n) is 3.35. The van der Waals surface area contributed by atoms with Crippen molar-refractivity contribution in [2.24, 2.45) is 0 Å². The Morgan fingerprint density at radius 3 is 2.33 bits per heavy atom. The van der Waals surface area contributed by atoms with Gasteiger partial charge in [0.2, 0.25) is 0 Å². The molecule has 1 aliphatic carbocycles. The molecule has 0 spiro atoms. The van der Waals surface area contributed by atoms with Gasteiger partial charge in [-0.05, 0) is 32.7 Å². The molecule has 1 saturated carbocycles. The lowest BCUT2D eigenvalue weighted by molar-refractivity contribution is -0.147. The average Bonchev–Trinajstić information content (AvgIpc) is 3.07. The van der Waals surface area contributed by atoms with Crippen molar-refractivity contribution < 1.29 is 18.3 Å². The monoisotopic (exact) mass is 268 g/mol. The lowest BCUT2D eigenvalue weighted by Gasteiger charge is -2.32. The molecule has 0 aliphatic heterocycles. The van der Waals surface area contributed by atoms with Crippen molar-refractivity contribution in [3.05, 3.63) is 0 Å². The zero-order valence-electron chi connectivity index (χ0n) is 11.1. The molecule has 1 aliphatic rings. The van der Waals surface area contributed by atoms with E-state index in [9.17, 15) is 18.3 Å². The fourth-order valence-electron chi connectivity index (χ4n) is 2.10. The van der Waals surface area contributed by atoms with Crippen molar-refractivity contribution >= 4 is 0 Å². The normalized spacial score (nSPS) is 20.2. The Bertz CT molecular complexity index is 256. The Morgan fingerprint density at radius 2 is 1.94 bits per heavy atom. The molecular weight excluding hydrogens is 245 g/mol. The van der Waals surface area contributed by atoms with Crippen LogP contribution >= 0.6 is 0 Å². The molecule has 0 aromatic carbocycles. The topological polar surface area (TPSA) is 35.5 Å². The number of hydrogen-bond acceptors (Lipinski definition) is 3. The van der Waals surface area contributed by atoms with E-state index in [0.717, 1.165) is 12.8 Å². The molecule has 18 heavy (non-hydrogen) atoms. The van der Waals surface area contributed by atoms with Crippen LogP contribution in [0, 0.1) is 0 Å². The minimum Gasteiger partial charge on any atom is -0.394 e. The van der Waals surface area contributed by atoms with Crippen molar-refractivity contribution in [3.63, 3.8) is 0 Å². The summed E-state index contributed by atoms with van der Waals surface area (Å²) in [6.45, 7) is 3.92. The number of hydrogen-bond donors (Lipinski definition) is 2. The van der Waals surface area contributed by atoms with Crippen LogP contribution in [0.2, 0.25) is 0 Å². The van der Waals surface area contributed by atoms with Gasteiger partial charge in [0.25, 0.3) is 0 Å². The van der Waals surface area contributed by atoms with E-state index in [1.165, 1.54) is 4.90 Å². The van der Waals surface area contributed by atoms with E-state index in [0.29, 0.717) is 19.5 Å². The summed E-state index contributed by atoms with van der Waals surface area (Å²) in [5.74, 6) is 0. The molecule has 0 saturated heterocycles. The Hall–Kier alpha value is -0.330. The molecule has 1 rings (SSSR count). The van der Waals surface area contributed by atoms with Crippen LogP contribution in [-0.2, 0) is 0 Å². The summed E-state index contributed by atoms with van der Waals surface area (Å²) in [6, 6.07) is 0.0798. The number of likely N-dealkylation sites (N-methyl/N-ethyl adjacent to an activating group) is 1. The Labute approximate surface area is 106 Å². The van der Waals surface area contributed by atoms with Crippen LogP contribution in [0.25, 0.3) is 0 Å². The number of nitrogens with zero attached hydrogens (tertiary/aromatic N) is 1. The minimum atomic E-state index is -4.14. The van der Waals surface area contributed by atoms with Crippen LogP contribution in [-0.4, -0.2) is 54.0 Å². The van der Waals surface area contributed by atoms with Crippen molar-refractivity contribution in [2.45, 2.75) is 50.9 Å². The lowest BCUT2D eigenvalue weighted by atomic mass is 9.98. The van der Waals surface area contributed by atoms with Crippen LogP contribution in [0.1, 0.15) is 33.1 Å². The van der Waals surface area contributed by atoms with Crippen molar-refractivity contribution in [3.8, 4) is 0 Å². The summed E-state index contributed by atoms with van der Waals surface area (Å²) in [5.41, 5.74) is -0.493. The first kappa shape index (κ1) is 15.7. The third kappa shape index (κ3) is 5.54. The van der Waals surface area contributed by atoms with Gasteiger partial charge in [-0.2, -0.15) is 13.2 Å². The van der Waals surface area contributed by atoms with Crippen LogP contribution in [0.5, 0.6) is 0 Å². The zero-order chi connectivity index (χ0) is 13.8. The fraction of sp³-hybridized carbons (Fsp3) is 1.00. The Balaban J connectivity index is 2.46. The Kier molecular flexibility index (Phi) is 5.43. The van der Waals surface area contributed by atoms with E-state index in [1.807, 2.05) is 13.8 Å². The fourth-order valence-corrected chi connectivity index (χ4v) is 2.10. The van der Waals surface area contributed by atoms with E-state index >= 15 is 0 Å². The molecule has 0 bridgehead atoms. The number of rotatable bonds is 8. The molecular formula is C12H23F3N2O. The summed E-state index contributed by atoms with van der Waals surface area (Å²) in [7, 11) is 0. The van der Waals surface area contributed by atoms with E-state index in [4.69, 9.17) is 0 Å². The third-order valence-corrected chi connectivity index (χ3v) is 3.35. The van der Waals surface area contributed by atoms with Gasteiger partial charge in [0.05, 0.1) is 13.2 Å². The van der Waals surface area contributed by atoms with Crippen molar-refractivity contribution in [1.82, 2.24) is 10.2 Å². The van der Waals surface area contributed by atoms with Crippen LogP contribution in [0.4, 0.5) is 13.2 Å². The van der Waals surface area contributed by atoms with E-state index in [1.54, 1.807) is 0 Å². The summed E-state index contributed by atoms with van der Waals surface area (Å²) < 4.78 is 37.3. The molecule has 0 aromatic heterocycles. The first-order valence-electron chi connectivity index (χ1n) is 6.46. The molecule has 0 radical (unpaired) electrons. The average molecular weight is 268 g/mol. The van der Waals surface area contributed by atoms with Crippen molar-refractivity contribution in [2.75, 3.05) is 26.2 Å². The summed E-state index contributed by atoms with van der Waals surface area (Å²) in [4.78, 5) is 1.49. The lowest BCUT2D eigenvalue weighted by Crippen LogP contribution is -2.49. The van der Waals surface area contributed by atoms with Gasteiger partial charge < -0.3 is 10.4 Å². The molecule has 3 nitrogen and oxygen atoms in total. The van der Waals surface area contributed by atoms with Crippen LogP contribution in [0.3, 0.4) is 0 Å². The SMILES string of the molecule is CCNC(C)(CO)CCN(CC(F)(F)F)C1CC1. The van der Waals surface area contributed by atoms with Crippen LogP contribution < -0.4 is 5.32 Å². The zero-order valence-corrected chi connectivity index (χ0v) is 11.1. The molecule has 1 atom stereocenters. The van der Waals surface area contributed by atoms with Crippen LogP contribution in [0.15, 0.2) is 0 Å². The highest BCUT2D eigenvalue weighted by Crippen LogP contribution is 2.30. The standard InChI is InChI=1S/C12H23F3N2O/c1-3-16-11(2,9-18)6-7-17(10-4-5-10)8-12(13,14)15/h10,16,18H,3-9H2,1-2H3. The first-order chi connectivity index (χ1) is 8.29. The molecule has 2 N–H and O–H groups in total. The number of aliphatic hydroxyl groups excluding tert-OH is 1. The highest BCUT2D eigenvalue weighted by atomic mass is 19.4. The maximum atomic E-state index is 12.4. The van der Waals surface area contributed by atoms with Gasteiger partial charge in [-0.3, -0.25) is 4.90 Å².